The van der Waals surface area contributed by atoms with Gasteiger partial charge in [0.1, 0.15) is 19.0 Å². The predicted octanol–water partition coefficient (Wildman–Crippen LogP) is 1.27. The quantitative estimate of drug-likeness (QED) is 0.480. The van der Waals surface area contributed by atoms with E-state index in [0.29, 0.717) is 5.56 Å². The Morgan fingerprint density at radius 3 is 2.76 bits per heavy atom. The lowest BCUT2D eigenvalue weighted by Crippen LogP contribution is -2.30. The standard InChI is InChI=1S/C9H11F3N2O3/c1-5-2-6(3-16-4-9(10,11)12)17-7(5)8(15)14-13/h2H,3-4,13H2,1H3,(H,14,15). The van der Waals surface area contributed by atoms with E-state index < -0.39 is 18.7 Å². The summed E-state index contributed by atoms with van der Waals surface area (Å²) in [5, 5.41) is 0. The molecule has 8 heteroatoms. The highest BCUT2D eigenvalue weighted by Crippen LogP contribution is 2.18. The van der Waals surface area contributed by atoms with E-state index in [1.165, 1.54) is 6.07 Å². The first kappa shape index (κ1) is 13.5. The Hall–Kier alpha value is -1.54. The minimum Gasteiger partial charge on any atom is -0.453 e. The summed E-state index contributed by atoms with van der Waals surface area (Å²) < 4.78 is 44.7. The van der Waals surface area contributed by atoms with Crippen molar-refractivity contribution in [1.82, 2.24) is 5.43 Å². The van der Waals surface area contributed by atoms with Crippen LogP contribution in [0.25, 0.3) is 0 Å². The number of nitrogen functional groups attached to an aromatic ring is 1. The van der Waals surface area contributed by atoms with Crippen LogP contribution in [0.4, 0.5) is 13.2 Å². The number of nitrogens with one attached hydrogen (secondary N) is 1. The van der Waals surface area contributed by atoms with Crippen molar-refractivity contribution in [1.29, 1.82) is 0 Å². The fourth-order valence-electron chi connectivity index (χ4n) is 1.18. The Labute approximate surface area is 94.7 Å². The molecule has 0 aromatic carbocycles. The second-order valence-corrected chi connectivity index (χ2v) is 3.31. The summed E-state index contributed by atoms with van der Waals surface area (Å²) in [5.74, 6) is 4.34. The molecule has 0 saturated carbocycles. The van der Waals surface area contributed by atoms with Crippen molar-refractivity contribution in [2.24, 2.45) is 5.84 Å². The van der Waals surface area contributed by atoms with Crippen LogP contribution >= 0.6 is 0 Å². The second-order valence-electron chi connectivity index (χ2n) is 3.31. The first-order chi connectivity index (χ1) is 7.83. The topological polar surface area (TPSA) is 77.5 Å². The van der Waals surface area contributed by atoms with Crippen molar-refractivity contribution in [3.8, 4) is 0 Å². The van der Waals surface area contributed by atoms with Gasteiger partial charge in [-0.2, -0.15) is 13.2 Å². The zero-order valence-corrected chi connectivity index (χ0v) is 8.93. The van der Waals surface area contributed by atoms with Gasteiger partial charge in [-0.05, 0) is 13.0 Å². The lowest BCUT2D eigenvalue weighted by molar-refractivity contribution is -0.177. The molecular formula is C9H11F3N2O3. The van der Waals surface area contributed by atoms with Gasteiger partial charge in [-0.15, -0.1) is 0 Å². The largest absolute Gasteiger partial charge is 0.453 e. The van der Waals surface area contributed by atoms with E-state index in [2.05, 4.69) is 4.74 Å². The zero-order valence-electron chi connectivity index (χ0n) is 8.93. The van der Waals surface area contributed by atoms with Gasteiger partial charge in [0.15, 0.2) is 5.76 Å². The van der Waals surface area contributed by atoms with Gasteiger partial charge in [-0.1, -0.05) is 0 Å². The fourth-order valence-corrected chi connectivity index (χ4v) is 1.18. The Balaban J connectivity index is 2.59. The van der Waals surface area contributed by atoms with Crippen LogP contribution in [0.5, 0.6) is 0 Å². The monoisotopic (exact) mass is 252 g/mol. The number of hydrazine groups is 1. The Morgan fingerprint density at radius 1 is 1.59 bits per heavy atom. The molecule has 0 aliphatic rings. The highest BCUT2D eigenvalue weighted by atomic mass is 19.4. The van der Waals surface area contributed by atoms with E-state index >= 15 is 0 Å². The summed E-state index contributed by atoms with van der Waals surface area (Å²) in [6, 6.07) is 1.42. The molecule has 1 aromatic heterocycles. The van der Waals surface area contributed by atoms with Gasteiger partial charge in [0.2, 0.25) is 0 Å². The molecule has 1 aromatic rings. The molecule has 1 amide bonds. The molecule has 96 valence electrons. The van der Waals surface area contributed by atoms with E-state index in [4.69, 9.17) is 10.3 Å². The number of hydrogen-bond acceptors (Lipinski definition) is 4. The van der Waals surface area contributed by atoms with Crippen molar-refractivity contribution in [2.45, 2.75) is 19.7 Å². The molecule has 5 nitrogen and oxygen atoms in total. The first-order valence-electron chi connectivity index (χ1n) is 4.58. The zero-order chi connectivity index (χ0) is 13.1. The number of halogens is 3. The summed E-state index contributed by atoms with van der Waals surface area (Å²) >= 11 is 0. The molecule has 0 aliphatic heterocycles. The number of furan rings is 1. The molecule has 17 heavy (non-hydrogen) atoms. The maximum absolute atomic E-state index is 11.8. The van der Waals surface area contributed by atoms with Gasteiger partial charge in [0.25, 0.3) is 0 Å². The van der Waals surface area contributed by atoms with E-state index in [0.717, 1.165) is 0 Å². The van der Waals surface area contributed by atoms with Crippen molar-refractivity contribution in [2.75, 3.05) is 6.61 Å². The van der Waals surface area contributed by atoms with Crippen LogP contribution in [0.3, 0.4) is 0 Å². The average Bonchev–Trinajstić information content (AvgIpc) is 2.57. The van der Waals surface area contributed by atoms with Crippen molar-refractivity contribution in [3.05, 3.63) is 23.2 Å². The summed E-state index contributed by atoms with van der Waals surface area (Å²) in [7, 11) is 0. The lowest BCUT2D eigenvalue weighted by atomic mass is 10.2. The van der Waals surface area contributed by atoms with Crippen molar-refractivity contribution >= 4 is 5.91 Å². The molecule has 0 radical (unpaired) electrons. The Kier molecular flexibility index (Phi) is 4.13. The second kappa shape index (κ2) is 5.19. The number of rotatable bonds is 4. The number of alkyl halides is 3. The first-order valence-corrected chi connectivity index (χ1v) is 4.58. The van der Waals surface area contributed by atoms with Gasteiger partial charge >= 0.3 is 12.1 Å². The van der Waals surface area contributed by atoms with Crippen molar-refractivity contribution < 1.29 is 27.1 Å². The Bertz CT molecular complexity index is 401. The highest BCUT2D eigenvalue weighted by Gasteiger charge is 2.27. The van der Waals surface area contributed by atoms with Crippen LogP contribution in [0, 0.1) is 6.92 Å². The van der Waals surface area contributed by atoms with Gasteiger partial charge in [0.05, 0.1) is 0 Å². The number of nitrogens with two attached hydrogens (primary N) is 1. The predicted molar refractivity (Wildman–Crippen MR) is 50.8 cm³/mol. The van der Waals surface area contributed by atoms with Crippen LogP contribution in [-0.2, 0) is 11.3 Å². The molecule has 0 aliphatic carbocycles. The van der Waals surface area contributed by atoms with Gasteiger partial charge in [0, 0.05) is 5.56 Å². The highest BCUT2D eigenvalue weighted by molar-refractivity contribution is 5.92. The van der Waals surface area contributed by atoms with E-state index in [-0.39, 0.29) is 18.1 Å². The number of aryl methyl sites for hydroxylation is 1. The number of carbonyl (C=O) groups excluding carboxylic acids is 1. The average molecular weight is 252 g/mol. The minimum atomic E-state index is -4.39. The molecule has 0 unspecified atom stereocenters. The normalized spacial score (nSPS) is 11.6. The van der Waals surface area contributed by atoms with Crippen LogP contribution in [0.1, 0.15) is 21.9 Å². The van der Waals surface area contributed by atoms with Gasteiger partial charge < -0.3 is 9.15 Å². The van der Waals surface area contributed by atoms with Crippen LogP contribution < -0.4 is 11.3 Å². The smallest absolute Gasteiger partial charge is 0.411 e. The lowest BCUT2D eigenvalue weighted by Gasteiger charge is -2.05. The van der Waals surface area contributed by atoms with Crippen LogP contribution in [0.15, 0.2) is 10.5 Å². The number of carbonyl (C=O) groups is 1. The number of amides is 1. The molecule has 0 spiro atoms. The van der Waals surface area contributed by atoms with E-state index in [1.807, 2.05) is 5.43 Å². The van der Waals surface area contributed by atoms with Crippen LogP contribution in [0.2, 0.25) is 0 Å². The maximum atomic E-state index is 11.8. The SMILES string of the molecule is Cc1cc(COCC(F)(F)F)oc1C(=O)NN. The Morgan fingerprint density at radius 2 is 2.24 bits per heavy atom. The van der Waals surface area contributed by atoms with E-state index in [9.17, 15) is 18.0 Å². The van der Waals surface area contributed by atoms with Crippen molar-refractivity contribution in [3.63, 3.8) is 0 Å². The van der Waals surface area contributed by atoms with Crippen LogP contribution in [-0.4, -0.2) is 18.7 Å². The third-order valence-corrected chi connectivity index (χ3v) is 1.82. The molecule has 1 heterocycles. The molecule has 0 bridgehead atoms. The fraction of sp³-hybridized carbons (Fsp3) is 0.444. The molecule has 0 saturated heterocycles. The summed E-state index contributed by atoms with van der Waals surface area (Å²) in [6.07, 6.45) is -4.39. The third kappa shape index (κ3) is 4.08. The van der Waals surface area contributed by atoms with Gasteiger partial charge in [-0.25, -0.2) is 5.84 Å². The number of hydrogen-bond donors (Lipinski definition) is 2. The summed E-state index contributed by atoms with van der Waals surface area (Å²) in [5.41, 5.74) is 2.33. The third-order valence-electron chi connectivity index (χ3n) is 1.82. The molecular weight excluding hydrogens is 241 g/mol. The summed E-state index contributed by atoms with van der Waals surface area (Å²) in [6.45, 7) is -0.162. The molecule has 1 rings (SSSR count). The molecule has 0 atom stereocenters. The van der Waals surface area contributed by atoms with Gasteiger partial charge in [-0.3, -0.25) is 10.2 Å². The maximum Gasteiger partial charge on any atom is 0.411 e. The molecule has 0 fully saturated rings. The summed E-state index contributed by atoms with van der Waals surface area (Å²) in [4.78, 5) is 11.1. The number of ether oxygens (including phenoxy) is 1. The molecule has 3 N–H and O–H groups in total. The minimum absolute atomic E-state index is 0.0434. The van der Waals surface area contributed by atoms with E-state index in [1.54, 1.807) is 6.92 Å².